The summed E-state index contributed by atoms with van der Waals surface area (Å²) in [5, 5.41) is 12.6. The number of amides is 2. The molecule has 0 spiro atoms. The van der Waals surface area contributed by atoms with Gasteiger partial charge in [0.1, 0.15) is 0 Å². The summed E-state index contributed by atoms with van der Waals surface area (Å²) in [6.07, 6.45) is 1.69. The number of pyridine rings is 1. The average Bonchev–Trinajstić information content (AvgIpc) is 3.32. The summed E-state index contributed by atoms with van der Waals surface area (Å²) in [4.78, 5) is 32.7. The molecule has 2 aromatic carbocycles. The van der Waals surface area contributed by atoms with E-state index in [1.54, 1.807) is 30.5 Å². The van der Waals surface area contributed by atoms with Gasteiger partial charge in [-0.2, -0.15) is 5.26 Å². The first-order chi connectivity index (χ1) is 14.7. The molecule has 2 amide bonds. The molecule has 3 heterocycles. The normalized spacial score (nSPS) is 25.2. The van der Waals surface area contributed by atoms with Gasteiger partial charge in [-0.25, -0.2) is 4.90 Å². The van der Waals surface area contributed by atoms with Crippen molar-refractivity contribution >= 4 is 17.5 Å². The molecule has 4 atom stereocenters. The summed E-state index contributed by atoms with van der Waals surface area (Å²) in [7, 11) is 0. The Hall–Kier alpha value is -3.82. The summed E-state index contributed by atoms with van der Waals surface area (Å²) in [6.45, 7) is 0. The van der Waals surface area contributed by atoms with Crippen LogP contribution in [0.1, 0.15) is 28.9 Å². The van der Waals surface area contributed by atoms with Gasteiger partial charge in [0, 0.05) is 12.2 Å². The number of aromatic nitrogens is 1. The fraction of sp³-hybridized carbons (Fsp3) is 0.167. The molecule has 0 radical (unpaired) electrons. The molecule has 2 fully saturated rings. The highest BCUT2D eigenvalue weighted by Crippen LogP contribution is 2.49. The maximum atomic E-state index is 13.5. The zero-order valence-corrected chi connectivity index (χ0v) is 16.0. The Morgan fingerprint density at radius 3 is 2.13 bits per heavy atom. The number of nitrogens with zero attached hydrogens (tertiary/aromatic N) is 3. The zero-order chi connectivity index (χ0) is 20.7. The lowest BCUT2D eigenvalue weighted by Crippen LogP contribution is -2.36. The fourth-order valence-electron chi connectivity index (χ4n) is 4.54. The van der Waals surface area contributed by atoms with Crippen LogP contribution in [0.15, 0.2) is 79.0 Å². The highest BCUT2D eigenvalue weighted by atomic mass is 16.2. The second kappa shape index (κ2) is 7.21. The van der Waals surface area contributed by atoms with E-state index in [1.807, 2.05) is 48.5 Å². The van der Waals surface area contributed by atoms with E-state index in [4.69, 9.17) is 5.26 Å². The van der Waals surface area contributed by atoms with Crippen LogP contribution in [-0.4, -0.2) is 16.8 Å². The Labute approximate surface area is 173 Å². The molecule has 0 unspecified atom stereocenters. The van der Waals surface area contributed by atoms with Gasteiger partial charge in [0.05, 0.1) is 40.9 Å². The third-order valence-electron chi connectivity index (χ3n) is 5.90. The van der Waals surface area contributed by atoms with Crippen molar-refractivity contribution < 1.29 is 9.59 Å². The van der Waals surface area contributed by atoms with E-state index in [0.29, 0.717) is 11.3 Å². The second-order valence-electron chi connectivity index (χ2n) is 7.51. The number of para-hydroxylation sites is 1. The molecule has 2 aliphatic rings. The SMILES string of the molecule is N#Cc1ccc([C@@H]2N[C@H](c3ccccn3)[C@@H]3C(=O)N(c4ccccc4)C(=O)[C@@H]32)cc1. The number of nitriles is 1. The number of fused-ring (bicyclic) bond motifs is 1. The van der Waals surface area contributed by atoms with Crippen LogP contribution in [0.2, 0.25) is 0 Å². The quantitative estimate of drug-likeness (QED) is 0.690. The van der Waals surface area contributed by atoms with E-state index in [2.05, 4.69) is 16.4 Å². The zero-order valence-electron chi connectivity index (χ0n) is 16.0. The van der Waals surface area contributed by atoms with E-state index in [-0.39, 0.29) is 23.9 Å². The van der Waals surface area contributed by atoms with Gasteiger partial charge in [-0.3, -0.25) is 14.6 Å². The van der Waals surface area contributed by atoms with Crippen molar-refractivity contribution in [1.29, 1.82) is 5.26 Å². The van der Waals surface area contributed by atoms with E-state index in [1.165, 1.54) is 4.90 Å². The monoisotopic (exact) mass is 394 g/mol. The van der Waals surface area contributed by atoms with Gasteiger partial charge in [0.15, 0.2) is 0 Å². The summed E-state index contributed by atoms with van der Waals surface area (Å²) in [5.41, 5.74) is 2.74. The van der Waals surface area contributed by atoms with Crippen LogP contribution in [0, 0.1) is 23.2 Å². The molecule has 6 heteroatoms. The number of anilines is 1. The summed E-state index contributed by atoms with van der Waals surface area (Å²) >= 11 is 0. The first-order valence-corrected chi connectivity index (χ1v) is 9.79. The molecule has 0 saturated carbocycles. The fourth-order valence-corrected chi connectivity index (χ4v) is 4.54. The Balaban J connectivity index is 1.59. The molecule has 2 aliphatic heterocycles. The smallest absolute Gasteiger partial charge is 0.239 e. The summed E-state index contributed by atoms with van der Waals surface area (Å²) < 4.78 is 0. The van der Waals surface area contributed by atoms with Crippen molar-refractivity contribution in [2.45, 2.75) is 12.1 Å². The molecule has 30 heavy (non-hydrogen) atoms. The molecule has 1 aromatic heterocycles. The molecule has 5 rings (SSSR count). The first kappa shape index (κ1) is 18.2. The predicted molar refractivity (Wildman–Crippen MR) is 110 cm³/mol. The Morgan fingerprint density at radius 2 is 1.50 bits per heavy atom. The number of nitrogens with one attached hydrogen (secondary N) is 1. The largest absolute Gasteiger partial charge is 0.300 e. The van der Waals surface area contributed by atoms with E-state index >= 15 is 0 Å². The van der Waals surface area contributed by atoms with Gasteiger partial charge in [-0.05, 0) is 42.0 Å². The molecule has 2 saturated heterocycles. The predicted octanol–water partition coefficient (Wildman–Crippen LogP) is 3.14. The van der Waals surface area contributed by atoms with Gasteiger partial charge in [-0.15, -0.1) is 0 Å². The van der Waals surface area contributed by atoms with Crippen molar-refractivity contribution in [2.24, 2.45) is 11.8 Å². The lowest BCUT2D eigenvalue weighted by Gasteiger charge is -2.22. The third kappa shape index (κ3) is 2.79. The van der Waals surface area contributed by atoms with Crippen LogP contribution < -0.4 is 10.2 Å². The minimum absolute atomic E-state index is 0.212. The van der Waals surface area contributed by atoms with Gasteiger partial charge in [0.2, 0.25) is 11.8 Å². The number of hydrogen-bond donors (Lipinski definition) is 1. The number of carbonyl (C=O) groups excluding carboxylic acids is 2. The standard InChI is InChI=1S/C24H18N4O2/c25-14-15-9-11-16(12-10-15)21-19-20(22(27-21)18-8-4-5-13-26-18)24(30)28(23(19)29)17-6-2-1-3-7-17/h1-13,19-22,27H/t19-,20+,21-,22+/m0/s1. The summed E-state index contributed by atoms with van der Waals surface area (Å²) in [6, 6.07) is 23.2. The minimum atomic E-state index is -0.548. The van der Waals surface area contributed by atoms with E-state index in [0.717, 1.165) is 11.3 Å². The Morgan fingerprint density at radius 1 is 0.833 bits per heavy atom. The van der Waals surface area contributed by atoms with Crippen LogP contribution in [0.25, 0.3) is 0 Å². The van der Waals surface area contributed by atoms with Gasteiger partial charge >= 0.3 is 0 Å². The molecule has 0 aliphatic carbocycles. The highest BCUT2D eigenvalue weighted by molar-refractivity contribution is 6.22. The van der Waals surface area contributed by atoms with Crippen LogP contribution in [-0.2, 0) is 9.59 Å². The molecule has 0 bridgehead atoms. The first-order valence-electron chi connectivity index (χ1n) is 9.79. The van der Waals surface area contributed by atoms with Crippen molar-refractivity contribution in [3.8, 4) is 6.07 Å². The number of benzene rings is 2. The third-order valence-corrected chi connectivity index (χ3v) is 5.90. The van der Waals surface area contributed by atoms with Crippen LogP contribution in [0.4, 0.5) is 5.69 Å². The molecular formula is C24H18N4O2. The van der Waals surface area contributed by atoms with Crippen molar-refractivity contribution in [3.63, 3.8) is 0 Å². The number of imide groups is 1. The molecule has 3 aromatic rings. The van der Waals surface area contributed by atoms with Gasteiger partial charge < -0.3 is 5.32 Å². The maximum Gasteiger partial charge on any atom is 0.239 e. The Bertz CT molecular complexity index is 1140. The van der Waals surface area contributed by atoms with Crippen molar-refractivity contribution in [3.05, 3.63) is 95.8 Å². The lowest BCUT2D eigenvalue weighted by molar-refractivity contribution is -0.123. The van der Waals surface area contributed by atoms with Crippen molar-refractivity contribution in [2.75, 3.05) is 4.90 Å². The Kier molecular flexibility index (Phi) is 4.38. The van der Waals surface area contributed by atoms with Gasteiger partial charge in [0.25, 0.3) is 0 Å². The van der Waals surface area contributed by atoms with Crippen LogP contribution in [0.5, 0.6) is 0 Å². The van der Waals surface area contributed by atoms with E-state index in [9.17, 15) is 9.59 Å². The lowest BCUT2D eigenvalue weighted by atomic mass is 9.85. The number of rotatable bonds is 3. The van der Waals surface area contributed by atoms with E-state index < -0.39 is 11.8 Å². The molecule has 1 N–H and O–H groups in total. The van der Waals surface area contributed by atoms with Crippen molar-refractivity contribution in [1.82, 2.24) is 10.3 Å². The minimum Gasteiger partial charge on any atom is -0.300 e. The van der Waals surface area contributed by atoms with Crippen LogP contribution in [0.3, 0.4) is 0 Å². The van der Waals surface area contributed by atoms with Gasteiger partial charge in [-0.1, -0.05) is 36.4 Å². The second-order valence-corrected chi connectivity index (χ2v) is 7.51. The molecule has 146 valence electrons. The maximum absolute atomic E-state index is 13.5. The number of carbonyl (C=O) groups is 2. The molecule has 6 nitrogen and oxygen atoms in total. The highest BCUT2D eigenvalue weighted by Gasteiger charge is 2.59. The number of hydrogen-bond acceptors (Lipinski definition) is 5. The van der Waals surface area contributed by atoms with Crippen LogP contribution >= 0.6 is 0 Å². The summed E-state index contributed by atoms with van der Waals surface area (Å²) in [5.74, 6) is -1.52. The topological polar surface area (TPSA) is 86.1 Å². The average molecular weight is 394 g/mol. The molecular weight excluding hydrogens is 376 g/mol.